The molecule has 2 aromatic rings. The van der Waals surface area contributed by atoms with Crippen molar-refractivity contribution in [3.8, 4) is 0 Å². The molecule has 3 rings (SSSR count). The largest absolute Gasteiger partial charge is 0.350 e. The summed E-state index contributed by atoms with van der Waals surface area (Å²) in [5.41, 5.74) is 0.812. The highest BCUT2D eigenvalue weighted by Gasteiger charge is 2.19. The third-order valence-electron chi connectivity index (χ3n) is 4.03. The molecule has 1 aliphatic rings. The first-order valence-electron chi connectivity index (χ1n) is 8.10. The number of carbonyl (C=O) groups is 1. The standard InChI is InChI=1S/C16H22N6OS/c1-12-14(24-13(2)20-12)15(23)17-6-7-21-8-10-22(11-9-21)16-18-4-3-5-19-16/h3-5H,6-11H2,1-2H3,(H,17,23). The van der Waals surface area contributed by atoms with E-state index >= 15 is 0 Å². The van der Waals surface area contributed by atoms with Crippen molar-refractivity contribution in [1.29, 1.82) is 0 Å². The van der Waals surface area contributed by atoms with E-state index in [1.165, 1.54) is 11.3 Å². The fourth-order valence-electron chi connectivity index (χ4n) is 2.78. The molecule has 0 atom stereocenters. The zero-order chi connectivity index (χ0) is 16.9. The number of aryl methyl sites for hydroxylation is 2. The Kier molecular flexibility index (Phi) is 5.37. The number of rotatable bonds is 5. The second kappa shape index (κ2) is 7.67. The number of hydrogen-bond acceptors (Lipinski definition) is 7. The highest BCUT2D eigenvalue weighted by atomic mass is 32.1. The van der Waals surface area contributed by atoms with Gasteiger partial charge in [0, 0.05) is 51.7 Å². The molecule has 24 heavy (non-hydrogen) atoms. The van der Waals surface area contributed by atoms with E-state index < -0.39 is 0 Å². The van der Waals surface area contributed by atoms with Gasteiger partial charge < -0.3 is 10.2 Å². The fraction of sp³-hybridized carbons (Fsp3) is 0.500. The predicted molar refractivity (Wildman–Crippen MR) is 94.6 cm³/mol. The number of amides is 1. The van der Waals surface area contributed by atoms with Crippen molar-refractivity contribution >= 4 is 23.2 Å². The van der Waals surface area contributed by atoms with Gasteiger partial charge in [0.25, 0.3) is 5.91 Å². The normalized spacial score (nSPS) is 15.5. The molecule has 1 saturated heterocycles. The molecular weight excluding hydrogens is 324 g/mol. The van der Waals surface area contributed by atoms with Gasteiger partial charge in [0.1, 0.15) is 4.88 Å². The van der Waals surface area contributed by atoms with Gasteiger partial charge in [-0.05, 0) is 19.9 Å². The molecule has 0 aromatic carbocycles. The summed E-state index contributed by atoms with van der Waals surface area (Å²) in [7, 11) is 0. The number of aromatic nitrogens is 3. The SMILES string of the molecule is Cc1nc(C)c(C(=O)NCCN2CCN(c3ncccn3)CC2)s1. The Morgan fingerprint density at radius 2 is 1.92 bits per heavy atom. The van der Waals surface area contributed by atoms with Gasteiger partial charge in [-0.3, -0.25) is 9.69 Å². The van der Waals surface area contributed by atoms with Gasteiger partial charge in [-0.1, -0.05) is 0 Å². The molecule has 128 valence electrons. The Bertz CT molecular complexity index is 681. The van der Waals surface area contributed by atoms with Crippen molar-refractivity contribution < 1.29 is 4.79 Å². The van der Waals surface area contributed by atoms with E-state index in [2.05, 4.69) is 30.1 Å². The zero-order valence-corrected chi connectivity index (χ0v) is 14.8. The van der Waals surface area contributed by atoms with E-state index in [-0.39, 0.29) is 5.91 Å². The van der Waals surface area contributed by atoms with Crippen molar-refractivity contribution in [3.05, 3.63) is 34.0 Å². The van der Waals surface area contributed by atoms with Crippen LogP contribution >= 0.6 is 11.3 Å². The Morgan fingerprint density at radius 3 is 2.54 bits per heavy atom. The molecule has 7 nitrogen and oxygen atoms in total. The van der Waals surface area contributed by atoms with Crippen LogP contribution < -0.4 is 10.2 Å². The molecule has 1 aliphatic heterocycles. The summed E-state index contributed by atoms with van der Waals surface area (Å²) < 4.78 is 0. The first-order chi connectivity index (χ1) is 11.6. The van der Waals surface area contributed by atoms with Gasteiger partial charge >= 0.3 is 0 Å². The van der Waals surface area contributed by atoms with Gasteiger partial charge in [-0.25, -0.2) is 15.0 Å². The number of piperazine rings is 1. The molecule has 0 saturated carbocycles. The summed E-state index contributed by atoms with van der Waals surface area (Å²) in [6, 6.07) is 1.83. The lowest BCUT2D eigenvalue weighted by atomic mass is 10.3. The van der Waals surface area contributed by atoms with Crippen molar-refractivity contribution in [3.63, 3.8) is 0 Å². The molecule has 0 bridgehead atoms. The van der Waals surface area contributed by atoms with E-state index in [0.29, 0.717) is 6.54 Å². The van der Waals surface area contributed by atoms with Crippen LogP contribution in [0.15, 0.2) is 18.5 Å². The van der Waals surface area contributed by atoms with Crippen LogP contribution in [0.5, 0.6) is 0 Å². The highest BCUT2D eigenvalue weighted by molar-refractivity contribution is 7.13. The van der Waals surface area contributed by atoms with Crippen LogP contribution in [-0.4, -0.2) is 65.0 Å². The van der Waals surface area contributed by atoms with Gasteiger partial charge in [0.15, 0.2) is 0 Å². The number of nitrogens with zero attached hydrogens (tertiary/aromatic N) is 5. The van der Waals surface area contributed by atoms with Crippen molar-refractivity contribution in [2.45, 2.75) is 13.8 Å². The maximum Gasteiger partial charge on any atom is 0.263 e. The van der Waals surface area contributed by atoms with Crippen LogP contribution in [0.1, 0.15) is 20.4 Å². The second-order valence-corrected chi connectivity index (χ2v) is 6.98. The summed E-state index contributed by atoms with van der Waals surface area (Å²) in [5.74, 6) is 0.774. The second-order valence-electron chi connectivity index (χ2n) is 5.78. The minimum absolute atomic E-state index is 0.0191. The maximum atomic E-state index is 12.2. The third-order valence-corrected chi connectivity index (χ3v) is 5.10. The molecule has 1 N–H and O–H groups in total. The lowest BCUT2D eigenvalue weighted by Crippen LogP contribution is -2.49. The summed E-state index contributed by atoms with van der Waals surface area (Å²) >= 11 is 1.45. The Balaban J connectivity index is 1.41. The number of hydrogen-bond donors (Lipinski definition) is 1. The number of thiazole rings is 1. The summed E-state index contributed by atoms with van der Waals surface area (Å²) in [5, 5.41) is 3.92. The Morgan fingerprint density at radius 1 is 1.21 bits per heavy atom. The van der Waals surface area contributed by atoms with E-state index in [1.807, 2.05) is 19.9 Å². The summed E-state index contributed by atoms with van der Waals surface area (Å²) in [4.78, 5) is 30.3. The quantitative estimate of drug-likeness (QED) is 0.874. The van der Waals surface area contributed by atoms with E-state index in [0.717, 1.165) is 54.3 Å². The van der Waals surface area contributed by atoms with E-state index in [1.54, 1.807) is 12.4 Å². The zero-order valence-electron chi connectivity index (χ0n) is 14.0. The first-order valence-corrected chi connectivity index (χ1v) is 8.91. The molecule has 1 amide bonds. The topological polar surface area (TPSA) is 74.2 Å². The number of anilines is 1. The highest BCUT2D eigenvalue weighted by Crippen LogP contribution is 2.16. The molecule has 1 fully saturated rings. The van der Waals surface area contributed by atoms with Crippen molar-refractivity contribution in [2.75, 3.05) is 44.2 Å². The van der Waals surface area contributed by atoms with Crippen LogP contribution in [0.2, 0.25) is 0 Å². The molecule has 0 spiro atoms. The van der Waals surface area contributed by atoms with Gasteiger partial charge in [0.2, 0.25) is 5.95 Å². The Labute approximate surface area is 145 Å². The van der Waals surface area contributed by atoms with Crippen LogP contribution in [0.4, 0.5) is 5.95 Å². The minimum Gasteiger partial charge on any atom is -0.350 e. The molecular formula is C16H22N6OS. The third kappa shape index (κ3) is 4.07. The molecule has 0 radical (unpaired) electrons. The summed E-state index contributed by atoms with van der Waals surface area (Å²) in [6.45, 7) is 9.02. The van der Waals surface area contributed by atoms with Crippen LogP contribution in [-0.2, 0) is 0 Å². The molecule has 3 heterocycles. The number of nitrogens with one attached hydrogen (secondary N) is 1. The van der Waals surface area contributed by atoms with Gasteiger partial charge in [0.05, 0.1) is 10.7 Å². The lowest BCUT2D eigenvalue weighted by molar-refractivity contribution is 0.0951. The average molecular weight is 346 g/mol. The monoisotopic (exact) mass is 346 g/mol. The summed E-state index contributed by atoms with van der Waals surface area (Å²) in [6.07, 6.45) is 3.54. The first kappa shape index (κ1) is 16.8. The van der Waals surface area contributed by atoms with E-state index in [9.17, 15) is 4.79 Å². The minimum atomic E-state index is -0.0191. The van der Waals surface area contributed by atoms with Crippen LogP contribution in [0, 0.1) is 13.8 Å². The number of carbonyl (C=O) groups excluding carboxylic acids is 1. The molecule has 0 aliphatic carbocycles. The molecule has 2 aromatic heterocycles. The van der Waals surface area contributed by atoms with Crippen LogP contribution in [0.3, 0.4) is 0 Å². The van der Waals surface area contributed by atoms with Crippen molar-refractivity contribution in [1.82, 2.24) is 25.2 Å². The van der Waals surface area contributed by atoms with E-state index in [4.69, 9.17) is 0 Å². The Hall–Kier alpha value is -2.06. The van der Waals surface area contributed by atoms with Gasteiger partial charge in [-0.2, -0.15) is 0 Å². The van der Waals surface area contributed by atoms with Crippen LogP contribution in [0.25, 0.3) is 0 Å². The fourth-order valence-corrected chi connectivity index (χ4v) is 3.61. The smallest absolute Gasteiger partial charge is 0.263 e. The van der Waals surface area contributed by atoms with Gasteiger partial charge in [-0.15, -0.1) is 11.3 Å². The lowest BCUT2D eigenvalue weighted by Gasteiger charge is -2.34. The predicted octanol–water partition coefficient (Wildman–Crippen LogP) is 1.10. The maximum absolute atomic E-state index is 12.2. The molecule has 0 unspecified atom stereocenters. The van der Waals surface area contributed by atoms with Crippen molar-refractivity contribution in [2.24, 2.45) is 0 Å². The average Bonchev–Trinajstić information content (AvgIpc) is 2.95. The molecule has 8 heteroatoms.